The van der Waals surface area contributed by atoms with Crippen molar-refractivity contribution in [3.8, 4) is 0 Å². The van der Waals surface area contributed by atoms with Crippen LogP contribution in [0.15, 0.2) is 24.9 Å². The Morgan fingerprint density at radius 3 is 2.86 bits per heavy atom. The summed E-state index contributed by atoms with van der Waals surface area (Å²) in [7, 11) is 0. The minimum absolute atomic E-state index is 0.889. The molecule has 7 heavy (non-hydrogen) atoms. The van der Waals surface area contributed by atoms with E-state index in [0.717, 1.165) is 6.54 Å². The molecule has 1 nitrogen and oxygen atoms in total. The fourth-order valence-electron chi connectivity index (χ4n) is 0.269. The second kappa shape index (κ2) is 5.28. The molecule has 0 rings (SSSR count). The van der Waals surface area contributed by atoms with E-state index >= 15 is 0 Å². The molecular formula is C6H11N. The molecule has 0 aromatic rings. The van der Waals surface area contributed by atoms with Gasteiger partial charge in [0.15, 0.2) is 0 Å². The molecule has 0 aromatic heterocycles. The van der Waals surface area contributed by atoms with Gasteiger partial charge in [-0.2, -0.15) is 0 Å². The predicted octanol–water partition coefficient (Wildman–Crippen LogP) is 1.30. The Hall–Kier alpha value is -0.720. The summed E-state index contributed by atoms with van der Waals surface area (Å²) in [4.78, 5) is 0. The van der Waals surface area contributed by atoms with Gasteiger partial charge in [0.25, 0.3) is 0 Å². The molecule has 0 fully saturated rings. The molecule has 0 saturated carbocycles. The van der Waals surface area contributed by atoms with E-state index in [1.165, 1.54) is 0 Å². The molecule has 0 saturated heterocycles. The van der Waals surface area contributed by atoms with Gasteiger partial charge in [0.2, 0.25) is 0 Å². The van der Waals surface area contributed by atoms with Crippen LogP contribution in [0, 0.1) is 0 Å². The van der Waals surface area contributed by atoms with Gasteiger partial charge < -0.3 is 5.32 Å². The van der Waals surface area contributed by atoms with Crippen LogP contribution in [0.1, 0.15) is 6.92 Å². The Balaban J connectivity index is 2.82. The summed E-state index contributed by atoms with van der Waals surface area (Å²) < 4.78 is 0. The van der Waals surface area contributed by atoms with Gasteiger partial charge in [0, 0.05) is 6.54 Å². The highest BCUT2D eigenvalue weighted by Gasteiger charge is 1.63. The summed E-state index contributed by atoms with van der Waals surface area (Å²) in [6.07, 6.45) is 5.71. The van der Waals surface area contributed by atoms with Crippen LogP contribution < -0.4 is 5.32 Å². The van der Waals surface area contributed by atoms with Gasteiger partial charge in [-0.1, -0.05) is 18.7 Å². The quantitative estimate of drug-likeness (QED) is 0.413. The Morgan fingerprint density at radius 1 is 1.71 bits per heavy atom. The third kappa shape index (κ3) is 5.28. The largest absolute Gasteiger partial charge is 0.388 e. The van der Waals surface area contributed by atoms with Crippen molar-refractivity contribution in [2.45, 2.75) is 6.92 Å². The summed E-state index contributed by atoms with van der Waals surface area (Å²) in [5, 5.41) is 2.93. The van der Waals surface area contributed by atoms with Gasteiger partial charge in [-0.05, 0) is 13.1 Å². The van der Waals surface area contributed by atoms with Crippen molar-refractivity contribution >= 4 is 0 Å². The third-order valence-electron chi connectivity index (χ3n) is 0.616. The van der Waals surface area contributed by atoms with E-state index in [2.05, 4.69) is 11.9 Å². The summed E-state index contributed by atoms with van der Waals surface area (Å²) in [6, 6.07) is 0. The maximum atomic E-state index is 3.49. The lowest BCUT2D eigenvalue weighted by atomic mass is 10.5. The lowest BCUT2D eigenvalue weighted by molar-refractivity contribution is 0.988. The highest BCUT2D eigenvalue weighted by atomic mass is 14.8. The molecule has 40 valence electrons. The van der Waals surface area contributed by atoms with Crippen molar-refractivity contribution in [3.05, 3.63) is 24.9 Å². The molecule has 0 amide bonds. The number of nitrogens with one attached hydrogen (secondary N) is 1. The monoisotopic (exact) mass is 97.1 g/mol. The highest BCUT2D eigenvalue weighted by Crippen LogP contribution is 1.64. The van der Waals surface area contributed by atoms with E-state index < -0.39 is 0 Å². The first-order chi connectivity index (χ1) is 3.41. The van der Waals surface area contributed by atoms with Crippen LogP contribution in [0.5, 0.6) is 0 Å². The van der Waals surface area contributed by atoms with Crippen molar-refractivity contribution in [1.82, 2.24) is 5.32 Å². The standard InChI is InChI=1S/C6H11N/c1-3-5-6-7-4-2/h3-5,7H,2,6H2,1H3/b5-3-. The Labute approximate surface area is 44.7 Å². The number of allylic oxidation sites excluding steroid dienone is 1. The van der Waals surface area contributed by atoms with Crippen LogP contribution in [0.25, 0.3) is 0 Å². The minimum Gasteiger partial charge on any atom is -0.388 e. The predicted molar refractivity (Wildman–Crippen MR) is 33.0 cm³/mol. The molecule has 0 heterocycles. The fraction of sp³-hybridized carbons (Fsp3) is 0.333. The average Bonchev–Trinajstić information content (AvgIpc) is 1.69. The molecule has 1 N–H and O–H groups in total. The molecule has 0 aliphatic rings. The molecule has 0 bridgehead atoms. The van der Waals surface area contributed by atoms with Crippen molar-refractivity contribution in [1.29, 1.82) is 0 Å². The van der Waals surface area contributed by atoms with Crippen molar-refractivity contribution in [3.63, 3.8) is 0 Å². The highest BCUT2D eigenvalue weighted by molar-refractivity contribution is 4.81. The van der Waals surface area contributed by atoms with Crippen LogP contribution in [-0.4, -0.2) is 6.54 Å². The van der Waals surface area contributed by atoms with E-state index in [0.29, 0.717) is 0 Å². The summed E-state index contributed by atoms with van der Waals surface area (Å²) >= 11 is 0. The summed E-state index contributed by atoms with van der Waals surface area (Å²) in [6.45, 7) is 6.37. The fourth-order valence-corrected chi connectivity index (χ4v) is 0.269. The van der Waals surface area contributed by atoms with E-state index in [4.69, 9.17) is 0 Å². The summed E-state index contributed by atoms with van der Waals surface area (Å²) in [5.41, 5.74) is 0. The van der Waals surface area contributed by atoms with Gasteiger partial charge in [0.1, 0.15) is 0 Å². The van der Waals surface area contributed by atoms with Crippen LogP contribution >= 0.6 is 0 Å². The van der Waals surface area contributed by atoms with Crippen molar-refractivity contribution in [2.75, 3.05) is 6.54 Å². The molecular weight excluding hydrogens is 86.1 g/mol. The molecule has 1 heteroatoms. The Morgan fingerprint density at radius 2 is 2.43 bits per heavy atom. The van der Waals surface area contributed by atoms with Crippen LogP contribution in [0.2, 0.25) is 0 Å². The molecule has 0 unspecified atom stereocenters. The van der Waals surface area contributed by atoms with Gasteiger partial charge in [-0.25, -0.2) is 0 Å². The van der Waals surface area contributed by atoms with Gasteiger partial charge in [-0.3, -0.25) is 0 Å². The summed E-state index contributed by atoms with van der Waals surface area (Å²) in [5.74, 6) is 0. The Bertz CT molecular complexity index is 64.6. The second-order valence-electron chi connectivity index (χ2n) is 1.18. The number of rotatable bonds is 3. The van der Waals surface area contributed by atoms with Crippen LogP contribution in [0.4, 0.5) is 0 Å². The molecule has 0 spiro atoms. The van der Waals surface area contributed by atoms with Crippen molar-refractivity contribution < 1.29 is 0 Å². The normalized spacial score (nSPS) is 9.29. The lowest BCUT2D eigenvalue weighted by Gasteiger charge is -1.87. The maximum absolute atomic E-state index is 3.49. The zero-order valence-corrected chi connectivity index (χ0v) is 4.65. The van der Waals surface area contributed by atoms with Gasteiger partial charge in [-0.15, -0.1) is 0 Å². The van der Waals surface area contributed by atoms with E-state index in [1.807, 2.05) is 19.1 Å². The van der Waals surface area contributed by atoms with Gasteiger partial charge >= 0.3 is 0 Å². The second-order valence-corrected chi connectivity index (χ2v) is 1.18. The average molecular weight is 97.2 g/mol. The third-order valence-corrected chi connectivity index (χ3v) is 0.616. The molecule has 0 aliphatic carbocycles. The lowest BCUT2D eigenvalue weighted by Crippen LogP contribution is -2.01. The van der Waals surface area contributed by atoms with Crippen LogP contribution in [-0.2, 0) is 0 Å². The molecule has 0 radical (unpaired) electrons. The van der Waals surface area contributed by atoms with Crippen molar-refractivity contribution in [2.24, 2.45) is 0 Å². The van der Waals surface area contributed by atoms with E-state index in [1.54, 1.807) is 6.20 Å². The molecule has 0 atom stereocenters. The van der Waals surface area contributed by atoms with Gasteiger partial charge in [0.05, 0.1) is 0 Å². The first kappa shape index (κ1) is 6.28. The first-order valence-electron chi connectivity index (χ1n) is 2.37. The topological polar surface area (TPSA) is 12.0 Å². The number of hydrogen-bond donors (Lipinski definition) is 1. The zero-order valence-electron chi connectivity index (χ0n) is 4.65. The SMILES string of the molecule is C=CNC/C=C\C. The van der Waals surface area contributed by atoms with E-state index in [9.17, 15) is 0 Å². The maximum Gasteiger partial charge on any atom is 0.0325 e. The van der Waals surface area contributed by atoms with Crippen LogP contribution in [0.3, 0.4) is 0 Å². The van der Waals surface area contributed by atoms with E-state index in [-0.39, 0.29) is 0 Å². The first-order valence-corrected chi connectivity index (χ1v) is 2.37. The smallest absolute Gasteiger partial charge is 0.0325 e. The minimum atomic E-state index is 0.889. The number of hydrogen-bond acceptors (Lipinski definition) is 1. The molecule has 0 aliphatic heterocycles. The Kier molecular flexibility index (Phi) is 4.74. The zero-order chi connectivity index (χ0) is 5.54. The molecule has 0 aromatic carbocycles.